The van der Waals surface area contributed by atoms with Crippen molar-refractivity contribution in [3.05, 3.63) is 6.33 Å². The third-order valence-electron chi connectivity index (χ3n) is 0.917. The van der Waals surface area contributed by atoms with Crippen molar-refractivity contribution >= 4 is 11.9 Å². The van der Waals surface area contributed by atoms with Crippen LogP contribution >= 0.6 is 0 Å². The van der Waals surface area contributed by atoms with E-state index in [0.29, 0.717) is 4.68 Å². The quantitative estimate of drug-likeness (QED) is 0.257. The van der Waals surface area contributed by atoms with Gasteiger partial charge in [0.1, 0.15) is 6.33 Å². The first kappa shape index (κ1) is 7.32. The molecule has 0 atom stereocenters. The lowest BCUT2D eigenvalue weighted by Gasteiger charge is -1.93. The molecule has 0 N–H and O–H groups in total. The van der Waals surface area contributed by atoms with Crippen LogP contribution in [0, 0.1) is 0 Å². The van der Waals surface area contributed by atoms with E-state index in [1.165, 1.54) is 0 Å². The maximum atomic E-state index is 10.8. The van der Waals surface area contributed by atoms with Gasteiger partial charge in [-0.3, -0.25) is 4.79 Å². The van der Waals surface area contributed by atoms with Crippen LogP contribution in [0.25, 0.3) is 0 Å². The number of nitrogens with zero attached hydrogens (tertiary/aromatic N) is 4. The second-order valence-electron chi connectivity index (χ2n) is 1.55. The zero-order valence-electron chi connectivity index (χ0n) is 5.59. The van der Waals surface area contributed by atoms with E-state index in [9.17, 15) is 9.59 Å². The molecule has 0 aliphatic carbocycles. The van der Waals surface area contributed by atoms with Crippen molar-refractivity contribution in [2.45, 2.75) is 0 Å². The molecule has 11 heavy (non-hydrogen) atoms. The summed E-state index contributed by atoms with van der Waals surface area (Å²) < 4.78 is 4.82. The van der Waals surface area contributed by atoms with Crippen LogP contribution in [0.3, 0.4) is 0 Å². The van der Waals surface area contributed by atoms with Gasteiger partial charge in [-0.05, 0) is 10.4 Å². The lowest BCUT2D eigenvalue weighted by molar-refractivity contribution is -0.135. The van der Waals surface area contributed by atoms with Gasteiger partial charge in [-0.1, -0.05) is 0 Å². The smallest absolute Gasteiger partial charge is 0.399 e. The fourth-order valence-corrected chi connectivity index (χ4v) is 0.435. The molecule has 0 bridgehead atoms. The van der Waals surface area contributed by atoms with Gasteiger partial charge in [0, 0.05) is 0 Å². The zero-order valence-corrected chi connectivity index (χ0v) is 5.59. The highest BCUT2D eigenvalue weighted by molar-refractivity contribution is 6.33. The number of carbonyl (C=O) groups excluding carboxylic acids is 2. The van der Waals surface area contributed by atoms with E-state index in [0.717, 1.165) is 13.4 Å². The number of tetrazole rings is 1. The first-order valence-electron chi connectivity index (χ1n) is 2.61. The van der Waals surface area contributed by atoms with Crippen LogP contribution < -0.4 is 0 Å². The Morgan fingerprint density at radius 3 is 2.73 bits per heavy atom. The molecule has 7 nitrogen and oxygen atoms in total. The minimum atomic E-state index is -1.00. The Morgan fingerprint density at radius 1 is 1.55 bits per heavy atom. The van der Waals surface area contributed by atoms with Crippen molar-refractivity contribution in [3.8, 4) is 0 Å². The molecule has 1 heterocycles. The Hall–Kier alpha value is -1.79. The minimum absolute atomic E-state index is 0.686. The first-order chi connectivity index (χ1) is 5.25. The molecule has 0 saturated carbocycles. The molecule has 0 amide bonds. The number of methoxy groups -OCH3 is 1. The second-order valence-corrected chi connectivity index (χ2v) is 1.55. The summed E-state index contributed by atoms with van der Waals surface area (Å²) in [6.07, 6.45) is 1.01. The Balaban J connectivity index is 2.79. The molecule has 0 aromatic carbocycles. The van der Waals surface area contributed by atoms with Crippen molar-refractivity contribution < 1.29 is 14.3 Å². The van der Waals surface area contributed by atoms with Crippen LogP contribution in [-0.4, -0.2) is 39.2 Å². The van der Waals surface area contributed by atoms with Gasteiger partial charge in [0.05, 0.1) is 7.11 Å². The lowest BCUT2D eigenvalue weighted by atomic mass is 10.6. The fourth-order valence-electron chi connectivity index (χ4n) is 0.435. The minimum Gasteiger partial charge on any atom is -0.462 e. The van der Waals surface area contributed by atoms with Crippen LogP contribution in [0.4, 0.5) is 0 Å². The van der Waals surface area contributed by atoms with Gasteiger partial charge in [-0.2, -0.15) is 4.68 Å². The summed E-state index contributed by atoms with van der Waals surface area (Å²) in [7, 11) is 1.10. The van der Waals surface area contributed by atoms with Crippen molar-refractivity contribution in [2.75, 3.05) is 7.11 Å². The van der Waals surface area contributed by atoms with Crippen molar-refractivity contribution in [3.63, 3.8) is 0 Å². The van der Waals surface area contributed by atoms with E-state index in [4.69, 9.17) is 0 Å². The van der Waals surface area contributed by atoms with Crippen LogP contribution in [-0.2, 0) is 9.53 Å². The van der Waals surface area contributed by atoms with Gasteiger partial charge in [0.15, 0.2) is 0 Å². The lowest BCUT2D eigenvalue weighted by Crippen LogP contribution is -2.23. The Bertz CT molecular complexity index is 267. The van der Waals surface area contributed by atoms with Crippen LogP contribution in [0.2, 0.25) is 0 Å². The molecule has 0 radical (unpaired) electrons. The van der Waals surface area contributed by atoms with E-state index >= 15 is 0 Å². The van der Waals surface area contributed by atoms with Crippen molar-refractivity contribution in [1.29, 1.82) is 0 Å². The van der Waals surface area contributed by atoms with E-state index < -0.39 is 11.9 Å². The molecule has 0 aliphatic heterocycles. The van der Waals surface area contributed by atoms with Gasteiger partial charge in [-0.25, -0.2) is 4.79 Å². The largest absolute Gasteiger partial charge is 0.462 e. The third-order valence-corrected chi connectivity index (χ3v) is 0.917. The molecule has 1 aromatic rings. The summed E-state index contributed by atoms with van der Waals surface area (Å²) in [4.78, 5) is 21.3. The van der Waals surface area contributed by atoms with E-state index in [1.807, 2.05) is 0 Å². The molecular formula is C4H4N4O3. The summed E-state index contributed by atoms with van der Waals surface area (Å²) >= 11 is 0. The number of hydrogen-bond acceptors (Lipinski definition) is 6. The van der Waals surface area contributed by atoms with Crippen molar-refractivity contribution in [2.24, 2.45) is 0 Å². The highest BCUT2D eigenvalue weighted by atomic mass is 16.5. The number of esters is 1. The van der Waals surface area contributed by atoms with Gasteiger partial charge in [-0.15, -0.1) is 5.10 Å². The Kier molecular flexibility index (Phi) is 1.90. The molecule has 0 saturated heterocycles. The number of ether oxygens (including phenoxy) is 1. The standard InChI is InChI=1S/C4H4N4O3/c1-11-4(10)3(9)8-2-5-6-7-8/h2H,1H3. The Labute approximate surface area is 60.9 Å². The molecule has 58 valence electrons. The predicted octanol–water partition coefficient (Wildman–Crippen LogP) is -1.51. The van der Waals surface area contributed by atoms with Crippen LogP contribution in [0.15, 0.2) is 6.33 Å². The van der Waals surface area contributed by atoms with E-state index in [2.05, 4.69) is 20.3 Å². The maximum absolute atomic E-state index is 10.8. The average Bonchev–Trinajstić information content (AvgIpc) is 2.53. The van der Waals surface area contributed by atoms with Gasteiger partial charge in [0.25, 0.3) is 0 Å². The molecule has 0 fully saturated rings. The van der Waals surface area contributed by atoms with Crippen LogP contribution in [0.1, 0.15) is 4.79 Å². The molecule has 1 aromatic heterocycles. The summed E-state index contributed by atoms with van der Waals surface area (Å²) in [6.45, 7) is 0. The molecule has 7 heteroatoms. The Morgan fingerprint density at radius 2 is 2.27 bits per heavy atom. The summed E-state index contributed by atoms with van der Waals surface area (Å²) in [5.41, 5.74) is 0. The SMILES string of the molecule is COC(=O)C(=O)n1cnnn1. The molecule has 1 rings (SSSR count). The highest BCUT2D eigenvalue weighted by Gasteiger charge is 2.16. The van der Waals surface area contributed by atoms with Crippen LogP contribution in [0.5, 0.6) is 0 Å². The number of hydrogen-bond donors (Lipinski definition) is 0. The van der Waals surface area contributed by atoms with Gasteiger partial charge >= 0.3 is 11.9 Å². The summed E-state index contributed by atoms with van der Waals surface area (Å²) in [6, 6.07) is 0. The van der Waals surface area contributed by atoms with Gasteiger partial charge in [0.2, 0.25) is 0 Å². The predicted molar refractivity (Wildman–Crippen MR) is 30.5 cm³/mol. The molecule has 0 unspecified atom stereocenters. The topological polar surface area (TPSA) is 87.0 Å². The van der Waals surface area contributed by atoms with Gasteiger partial charge < -0.3 is 4.74 Å². The second kappa shape index (κ2) is 2.86. The molecule has 0 spiro atoms. The summed E-state index contributed by atoms with van der Waals surface area (Å²) in [5, 5.41) is 9.52. The van der Waals surface area contributed by atoms with Crippen molar-refractivity contribution in [1.82, 2.24) is 20.2 Å². The zero-order chi connectivity index (χ0) is 8.27. The number of carbonyl (C=O) groups is 2. The summed E-state index contributed by atoms with van der Waals surface area (Å²) in [5.74, 6) is -1.92. The monoisotopic (exact) mass is 156 g/mol. The fraction of sp³-hybridized carbons (Fsp3) is 0.250. The highest BCUT2D eigenvalue weighted by Crippen LogP contribution is 1.81. The third kappa shape index (κ3) is 1.37. The van der Waals surface area contributed by atoms with E-state index in [1.54, 1.807) is 0 Å². The average molecular weight is 156 g/mol. The van der Waals surface area contributed by atoms with E-state index in [-0.39, 0.29) is 0 Å². The normalized spacial score (nSPS) is 9.18. The number of aromatic nitrogens is 4. The molecular weight excluding hydrogens is 152 g/mol. The molecule has 0 aliphatic rings. The number of rotatable bonds is 0. The maximum Gasteiger partial charge on any atom is 0.399 e. The first-order valence-corrected chi connectivity index (χ1v) is 2.61.